The van der Waals surface area contributed by atoms with Crippen molar-refractivity contribution in [2.24, 2.45) is 5.73 Å². The molecule has 0 aliphatic rings. The number of rotatable bonds is 5. The average Bonchev–Trinajstić information content (AvgIpc) is 2.46. The van der Waals surface area contributed by atoms with Crippen LogP contribution in [0.15, 0.2) is 42.7 Å². The van der Waals surface area contributed by atoms with Crippen molar-refractivity contribution in [1.82, 2.24) is 9.97 Å². The number of likely N-dealkylation sites (N-methyl/N-ethyl adjacent to an activating group) is 1. The average molecular weight is 272 g/mol. The lowest BCUT2D eigenvalue weighted by atomic mass is 10.2. The Labute approximate surface area is 118 Å². The topological polar surface area (TPSA) is 55.0 Å². The second-order valence-corrected chi connectivity index (χ2v) is 4.70. The fourth-order valence-corrected chi connectivity index (χ4v) is 1.84. The second-order valence-electron chi connectivity index (χ2n) is 4.26. The Morgan fingerprint density at radius 2 is 2.11 bits per heavy atom. The minimum atomic E-state index is 0.322. The van der Waals surface area contributed by atoms with Gasteiger partial charge >= 0.3 is 0 Å². The van der Waals surface area contributed by atoms with Crippen LogP contribution in [-0.2, 0) is 6.42 Å². The zero-order valence-corrected chi connectivity index (χ0v) is 11.6. The molecule has 0 bridgehead atoms. The Balaban J connectivity index is 1.96. The molecular weight excluding hydrogens is 256 g/mol. The van der Waals surface area contributed by atoms with Crippen LogP contribution in [0.1, 0.15) is 11.4 Å². The van der Waals surface area contributed by atoms with Gasteiger partial charge in [0.25, 0.3) is 0 Å². The first-order valence-electron chi connectivity index (χ1n) is 6.04. The predicted molar refractivity (Wildman–Crippen MR) is 81.3 cm³/mol. The normalized spacial score (nSPS) is 10.2. The molecule has 0 fully saturated rings. The molecular formula is C14H16N4S. The summed E-state index contributed by atoms with van der Waals surface area (Å²) in [6.45, 7) is 0.880. The molecule has 2 aromatic rings. The highest BCUT2D eigenvalue weighted by Crippen LogP contribution is 2.11. The van der Waals surface area contributed by atoms with Crippen LogP contribution in [0.4, 0.5) is 5.69 Å². The van der Waals surface area contributed by atoms with E-state index in [1.54, 1.807) is 6.20 Å². The van der Waals surface area contributed by atoms with E-state index in [-0.39, 0.29) is 0 Å². The monoisotopic (exact) mass is 272 g/mol. The van der Waals surface area contributed by atoms with Gasteiger partial charge in [0.2, 0.25) is 0 Å². The van der Waals surface area contributed by atoms with Crippen LogP contribution in [0, 0.1) is 0 Å². The summed E-state index contributed by atoms with van der Waals surface area (Å²) in [5, 5.41) is 0. The molecule has 4 nitrogen and oxygen atoms in total. The van der Waals surface area contributed by atoms with E-state index in [9.17, 15) is 0 Å². The van der Waals surface area contributed by atoms with E-state index in [1.807, 2.05) is 43.6 Å². The summed E-state index contributed by atoms with van der Waals surface area (Å²) in [5.41, 5.74) is 8.29. The number of thiocarbonyl (C=S) groups is 1. The van der Waals surface area contributed by atoms with E-state index in [0.717, 1.165) is 24.3 Å². The van der Waals surface area contributed by atoms with Crippen molar-refractivity contribution < 1.29 is 0 Å². The molecule has 0 atom stereocenters. The summed E-state index contributed by atoms with van der Waals surface area (Å²) in [5.74, 6) is 0. The van der Waals surface area contributed by atoms with Crippen molar-refractivity contribution in [2.45, 2.75) is 6.42 Å². The largest absolute Gasteiger partial charge is 0.388 e. The number of nitrogens with two attached hydrogens (primary N) is 1. The standard InChI is InChI=1S/C14H16N4S/c1-18(9-7-11-4-2-3-8-16-11)12-5-6-13(14(15)19)17-10-12/h2-6,8,10H,7,9H2,1H3,(H2,15,19). The van der Waals surface area contributed by atoms with Crippen molar-refractivity contribution >= 4 is 22.9 Å². The van der Waals surface area contributed by atoms with E-state index in [1.165, 1.54) is 0 Å². The third kappa shape index (κ3) is 3.72. The Hall–Kier alpha value is -2.01. The lowest BCUT2D eigenvalue weighted by molar-refractivity contribution is 0.850. The van der Waals surface area contributed by atoms with E-state index >= 15 is 0 Å². The second kappa shape index (κ2) is 6.24. The number of nitrogens with zero attached hydrogens (tertiary/aromatic N) is 3. The number of pyridine rings is 2. The first-order chi connectivity index (χ1) is 9.16. The molecule has 2 aromatic heterocycles. The highest BCUT2D eigenvalue weighted by atomic mass is 32.1. The fraction of sp³-hybridized carbons (Fsp3) is 0.214. The van der Waals surface area contributed by atoms with Gasteiger partial charge < -0.3 is 10.6 Å². The number of hydrogen-bond acceptors (Lipinski definition) is 4. The Morgan fingerprint density at radius 3 is 2.68 bits per heavy atom. The molecule has 0 unspecified atom stereocenters. The molecule has 0 amide bonds. The van der Waals surface area contributed by atoms with Gasteiger partial charge in [-0.05, 0) is 24.3 Å². The highest BCUT2D eigenvalue weighted by molar-refractivity contribution is 7.80. The third-order valence-electron chi connectivity index (χ3n) is 2.87. The Morgan fingerprint density at radius 1 is 1.26 bits per heavy atom. The molecule has 0 radical (unpaired) electrons. The van der Waals surface area contributed by atoms with Crippen LogP contribution in [0.25, 0.3) is 0 Å². The van der Waals surface area contributed by atoms with Gasteiger partial charge in [0, 0.05) is 31.9 Å². The van der Waals surface area contributed by atoms with Crippen LogP contribution in [0.5, 0.6) is 0 Å². The first kappa shape index (κ1) is 13.4. The van der Waals surface area contributed by atoms with Crippen LogP contribution in [-0.4, -0.2) is 28.5 Å². The molecule has 0 aliphatic heterocycles. The molecule has 2 rings (SSSR count). The van der Waals surface area contributed by atoms with Crippen LogP contribution >= 0.6 is 12.2 Å². The number of hydrogen-bond donors (Lipinski definition) is 1. The third-order valence-corrected chi connectivity index (χ3v) is 3.08. The van der Waals surface area contributed by atoms with Gasteiger partial charge in [-0.2, -0.15) is 0 Å². The zero-order chi connectivity index (χ0) is 13.7. The van der Waals surface area contributed by atoms with E-state index in [0.29, 0.717) is 10.7 Å². The van der Waals surface area contributed by atoms with Crippen molar-refractivity contribution in [1.29, 1.82) is 0 Å². The van der Waals surface area contributed by atoms with Gasteiger partial charge in [-0.3, -0.25) is 9.97 Å². The lowest BCUT2D eigenvalue weighted by Crippen LogP contribution is -2.21. The quantitative estimate of drug-likeness (QED) is 0.841. The lowest BCUT2D eigenvalue weighted by Gasteiger charge is -2.18. The molecule has 0 saturated heterocycles. The Kier molecular flexibility index (Phi) is 4.41. The summed E-state index contributed by atoms with van der Waals surface area (Å²) in [6.07, 6.45) is 4.50. The van der Waals surface area contributed by atoms with Crippen molar-refractivity contribution in [3.63, 3.8) is 0 Å². The molecule has 19 heavy (non-hydrogen) atoms. The molecule has 0 spiro atoms. The SMILES string of the molecule is CN(CCc1ccccn1)c1ccc(C(N)=S)nc1. The summed E-state index contributed by atoms with van der Waals surface area (Å²) >= 11 is 4.88. The molecule has 0 aromatic carbocycles. The summed E-state index contributed by atoms with van der Waals surface area (Å²) in [4.78, 5) is 11.0. The Bertz CT molecular complexity index is 539. The molecule has 0 saturated carbocycles. The van der Waals surface area contributed by atoms with Crippen molar-refractivity contribution in [3.8, 4) is 0 Å². The minimum absolute atomic E-state index is 0.322. The van der Waals surface area contributed by atoms with Gasteiger partial charge in [0.1, 0.15) is 4.99 Å². The summed E-state index contributed by atoms with van der Waals surface area (Å²) in [7, 11) is 2.03. The molecule has 2 N–H and O–H groups in total. The van der Waals surface area contributed by atoms with Crippen LogP contribution in [0.2, 0.25) is 0 Å². The van der Waals surface area contributed by atoms with Gasteiger partial charge in [-0.25, -0.2) is 0 Å². The van der Waals surface area contributed by atoms with E-state index in [4.69, 9.17) is 18.0 Å². The van der Waals surface area contributed by atoms with Gasteiger partial charge in [0.15, 0.2) is 0 Å². The predicted octanol–water partition coefficient (Wildman–Crippen LogP) is 1.79. The van der Waals surface area contributed by atoms with E-state index in [2.05, 4.69) is 14.9 Å². The number of aromatic nitrogens is 2. The van der Waals surface area contributed by atoms with Gasteiger partial charge in [-0.15, -0.1) is 0 Å². The van der Waals surface area contributed by atoms with Crippen molar-refractivity contribution in [3.05, 3.63) is 54.1 Å². The molecule has 98 valence electrons. The smallest absolute Gasteiger partial charge is 0.122 e. The molecule has 2 heterocycles. The number of anilines is 1. The highest BCUT2D eigenvalue weighted by Gasteiger charge is 2.04. The van der Waals surface area contributed by atoms with Gasteiger partial charge in [-0.1, -0.05) is 18.3 Å². The molecule has 5 heteroatoms. The maximum atomic E-state index is 5.52. The fourth-order valence-electron chi connectivity index (χ4n) is 1.71. The van der Waals surface area contributed by atoms with E-state index < -0.39 is 0 Å². The molecule has 0 aliphatic carbocycles. The first-order valence-corrected chi connectivity index (χ1v) is 6.44. The maximum absolute atomic E-state index is 5.52. The van der Waals surface area contributed by atoms with Crippen molar-refractivity contribution in [2.75, 3.05) is 18.5 Å². The zero-order valence-electron chi connectivity index (χ0n) is 10.8. The van der Waals surface area contributed by atoms with Crippen LogP contribution in [0.3, 0.4) is 0 Å². The van der Waals surface area contributed by atoms with Crippen LogP contribution < -0.4 is 10.6 Å². The summed E-state index contributed by atoms with van der Waals surface area (Å²) < 4.78 is 0. The van der Waals surface area contributed by atoms with Gasteiger partial charge in [0.05, 0.1) is 17.6 Å². The maximum Gasteiger partial charge on any atom is 0.122 e. The summed E-state index contributed by atoms with van der Waals surface area (Å²) in [6, 6.07) is 9.77. The minimum Gasteiger partial charge on any atom is -0.388 e.